The molecular formula is C17H19Cl2N3O. The Bertz CT molecular complexity index is 773. The molecule has 0 atom stereocenters. The molecule has 122 valence electrons. The van der Waals surface area contributed by atoms with Gasteiger partial charge >= 0.3 is 0 Å². The molecule has 0 bridgehead atoms. The van der Waals surface area contributed by atoms with E-state index in [1.807, 2.05) is 18.2 Å². The van der Waals surface area contributed by atoms with Crippen molar-refractivity contribution in [3.63, 3.8) is 0 Å². The number of benzene rings is 1. The molecule has 0 saturated carbocycles. The highest BCUT2D eigenvalue weighted by molar-refractivity contribution is 6.42. The second-order valence-electron chi connectivity index (χ2n) is 5.90. The van der Waals surface area contributed by atoms with Gasteiger partial charge in [0.05, 0.1) is 15.7 Å². The van der Waals surface area contributed by atoms with E-state index in [0.717, 1.165) is 55.0 Å². The molecule has 23 heavy (non-hydrogen) atoms. The Labute approximate surface area is 145 Å². The van der Waals surface area contributed by atoms with E-state index in [0.29, 0.717) is 16.6 Å². The average Bonchev–Trinajstić information content (AvgIpc) is 2.51. The zero-order valence-electron chi connectivity index (χ0n) is 13.0. The van der Waals surface area contributed by atoms with E-state index in [2.05, 4.69) is 21.8 Å². The molecule has 6 heteroatoms. The molecule has 0 spiro atoms. The molecule has 0 aliphatic carbocycles. The fourth-order valence-electron chi connectivity index (χ4n) is 2.93. The van der Waals surface area contributed by atoms with Gasteiger partial charge in [-0.25, -0.2) is 4.98 Å². The number of fused-ring (bicyclic) bond motifs is 1. The van der Waals surface area contributed by atoms with Gasteiger partial charge in [0, 0.05) is 31.6 Å². The highest BCUT2D eigenvalue weighted by Crippen LogP contribution is 2.24. The number of hydrogen-bond acceptors (Lipinski definition) is 3. The van der Waals surface area contributed by atoms with Gasteiger partial charge in [-0.2, -0.15) is 0 Å². The van der Waals surface area contributed by atoms with Crippen LogP contribution in [-0.4, -0.2) is 21.4 Å². The summed E-state index contributed by atoms with van der Waals surface area (Å²) < 4.78 is 0. The van der Waals surface area contributed by atoms with Crippen molar-refractivity contribution in [2.24, 2.45) is 0 Å². The summed E-state index contributed by atoms with van der Waals surface area (Å²) in [6.45, 7) is 4.38. The maximum Gasteiger partial charge on any atom is 0.254 e. The third-order valence-electron chi connectivity index (χ3n) is 4.08. The van der Waals surface area contributed by atoms with Gasteiger partial charge in [0.1, 0.15) is 5.82 Å². The summed E-state index contributed by atoms with van der Waals surface area (Å²) in [4.78, 5) is 22.0. The van der Waals surface area contributed by atoms with Crippen LogP contribution in [0.4, 0.5) is 0 Å². The van der Waals surface area contributed by atoms with Crippen LogP contribution in [0, 0.1) is 0 Å². The molecule has 0 fully saturated rings. The molecule has 2 aromatic rings. The quantitative estimate of drug-likeness (QED) is 0.915. The van der Waals surface area contributed by atoms with Gasteiger partial charge in [-0.15, -0.1) is 0 Å². The molecule has 1 aromatic carbocycles. The molecule has 0 saturated heterocycles. The number of rotatable bonds is 4. The van der Waals surface area contributed by atoms with Gasteiger partial charge in [0.15, 0.2) is 0 Å². The Hall–Kier alpha value is -1.36. The zero-order valence-corrected chi connectivity index (χ0v) is 14.5. The highest BCUT2D eigenvalue weighted by Gasteiger charge is 2.21. The second-order valence-corrected chi connectivity index (χ2v) is 6.71. The van der Waals surface area contributed by atoms with Crippen LogP contribution in [0.25, 0.3) is 0 Å². The minimum atomic E-state index is 0.0210. The first-order valence-corrected chi connectivity index (χ1v) is 8.59. The number of nitrogens with one attached hydrogen (secondary N) is 1. The highest BCUT2D eigenvalue weighted by atomic mass is 35.5. The Balaban J connectivity index is 1.79. The van der Waals surface area contributed by atoms with Gasteiger partial charge in [0.2, 0.25) is 0 Å². The van der Waals surface area contributed by atoms with Crippen LogP contribution in [0.3, 0.4) is 0 Å². The van der Waals surface area contributed by atoms with Crippen LogP contribution in [-0.2, 0) is 25.9 Å². The average molecular weight is 352 g/mol. The van der Waals surface area contributed by atoms with Crippen LogP contribution >= 0.6 is 23.2 Å². The summed E-state index contributed by atoms with van der Waals surface area (Å²) in [7, 11) is 0. The van der Waals surface area contributed by atoms with Crippen molar-refractivity contribution >= 4 is 23.2 Å². The van der Waals surface area contributed by atoms with Crippen molar-refractivity contribution in [1.82, 2.24) is 14.9 Å². The van der Waals surface area contributed by atoms with Crippen LogP contribution in [0.15, 0.2) is 23.0 Å². The Morgan fingerprint density at radius 3 is 2.87 bits per heavy atom. The SMILES string of the molecule is CCCc1nc2c(c(=O)[nH]1)CCN(Cc1ccc(Cl)c(Cl)c1)C2. The molecule has 1 aliphatic rings. The number of H-pyrrole nitrogens is 1. The van der Waals surface area contributed by atoms with Gasteiger partial charge < -0.3 is 4.98 Å². The van der Waals surface area contributed by atoms with E-state index >= 15 is 0 Å². The predicted molar refractivity (Wildman–Crippen MR) is 93.1 cm³/mol. The predicted octanol–water partition coefficient (Wildman–Crippen LogP) is 3.59. The Morgan fingerprint density at radius 2 is 2.13 bits per heavy atom. The first kappa shape index (κ1) is 16.5. The molecule has 0 amide bonds. The maximum absolute atomic E-state index is 12.2. The molecule has 1 aromatic heterocycles. The molecule has 1 aliphatic heterocycles. The topological polar surface area (TPSA) is 49.0 Å². The van der Waals surface area contributed by atoms with E-state index in [-0.39, 0.29) is 5.56 Å². The number of halogens is 2. The van der Waals surface area contributed by atoms with Gasteiger partial charge in [-0.1, -0.05) is 36.2 Å². The summed E-state index contributed by atoms with van der Waals surface area (Å²) in [6, 6.07) is 5.70. The van der Waals surface area contributed by atoms with Gasteiger partial charge in [-0.3, -0.25) is 9.69 Å². The Kier molecular flexibility index (Phi) is 5.05. The second kappa shape index (κ2) is 7.04. The number of aryl methyl sites for hydroxylation is 1. The molecule has 2 heterocycles. The Morgan fingerprint density at radius 1 is 1.30 bits per heavy atom. The molecule has 0 radical (unpaired) electrons. The number of aromatic amines is 1. The number of hydrogen-bond donors (Lipinski definition) is 1. The lowest BCUT2D eigenvalue weighted by Crippen LogP contribution is -2.35. The minimum Gasteiger partial charge on any atom is -0.310 e. The summed E-state index contributed by atoms with van der Waals surface area (Å²) in [6.07, 6.45) is 2.50. The van der Waals surface area contributed by atoms with Crippen molar-refractivity contribution in [2.45, 2.75) is 39.3 Å². The van der Waals surface area contributed by atoms with Crippen molar-refractivity contribution < 1.29 is 0 Å². The first-order valence-electron chi connectivity index (χ1n) is 7.84. The lowest BCUT2D eigenvalue weighted by Gasteiger charge is -2.27. The van der Waals surface area contributed by atoms with Crippen LogP contribution in [0.2, 0.25) is 10.0 Å². The first-order chi connectivity index (χ1) is 11.1. The number of nitrogens with zero attached hydrogens (tertiary/aromatic N) is 2. The largest absolute Gasteiger partial charge is 0.310 e. The van der Waals surface area contributed by atoms with E-state index in [4.69, 9.17) is 23.2 Å². The maximum atomic E-state index is 12.2. The van der Waals surface area contributed by atoms with E-state index < -0.39 is 0 Å². The fourth-order valence-corrected chi connectivity index (χ4v) is 3.25. The fraction of sp³-hybridized carbons (Fsp3) is 0.412. The molecular weight excluding hydrogens is 333 g/mol. The molecule has 0 unspecified atom stereocenters. The lowest BCUT2D eigenvalue weighted by molar-refractivity contribution is 0.240. The van der Waals surface area contributed by atoms with Crippen LogP contribution in [0.5, 0.6) is 0 Å². The van der Waals surface area contributed by atoms with Crippen molar-refractivity contribution in [3.8, 4) is 0 Å². The molecule has 4 nitrogen and oxygen atoms in total. The van der Waals surface area contributed by atoms with Crippen molar-refractivity contribution in [1.29, 1.82) is 0 Å². The zero-order chi connectivity index (χ0) is 16.4. The van der Waals surface area contributed by atoms with Crippen molar-refractivity contribution in [3.05, 3.63) is 61.2 Å². The summed E-state index contributed by atoms with van der Waals surface area (Å²) >= 11 is 12.0. The number of aromatic nitrogens is 2. The van der Waals surface area contributed by atoms with Gasteiger partial charge in [-0.05, 0) is 30.5 Å². The molecule has 3 rings (SSSR count). The standard InChI is InChI=1S/C17H19Cl2N3O/c1-2-3-16-20-15-10-22(7-6-12(15)17(23)21-16)9-11-4-5-13(18)14(19)8-11/h4-5,8H,2-3,6-7,9-10H2,1H3,(H,20,21,23). The van der Waals surface area contributed by atoms with E-state index in [1.165, 1.54) is 0 Å². The van der Waals surface area contributed by atoms with Crippen molar-refractivity contribution in [2.75, 3.05) is 6.54 Å². The van der Waals surface area contributed by atoms with E-state index in [9.17, 15) is 4.79 Å². The van der Waals surface area contributed by atoms with E-state index in [1.54, 1.807) is 0 Å². The summed E-state index contributed by atoms with van der Waals surface area (Å²) in [5.41, 5.74) is 2.87. The normalized spacial score (nSPS) is 14.7. The van der Waals surface area contributed by atoms with Crippen LogP contribution < -0.4 is 5.56 Å². The molecule has 1 N–H and O–H groups in total. The van der Waals surface area contributed by atoms with Gasteiger partial charge in [0.25, 0.3) is 5.56 Å². The third kappa shape index (κ3) is 3.77. The summed E-state index contributed by atoms with van der Waals surface area (Å²) in [5.74, 6) is 0.785. The third-order valence-corrected chi connectivity index (χ3v) is 4.82. The summed E-state index contributed by atoms with van der Waals surface area (Å²) in [5, 5.41) is 1.14. The smallest absolute Gasteiger partial charge is 0.254 e. The lowest BCUT2D eigenvalue weighted by atomic mass is 10.1. The minimum absolute atomic E-state index is 0.0210. The monoisotopic (exact) mass is 351 g/mol. The van der Waals surface area contributed by atoms with Crippen LogP contribution in [0.1, 0.15) is 36.0 Å².